The van der Waals surface area contributed by atoms with Crippen molar-refractivity contribution >= 4 is 33.1 Å². The largest absolute Gasteiger partial charge is 0.454 e. The highest BCUT2D eigenvalue weighted by Gasteiger charge is 2.36. The second kappa shape index (κ2) is 8.48. The maximum absolute atomic E-state index is 13.3. The van der Waals surface area contributed by atoms with Crippen LogP contribution in [0.15, 0.2) is 76.6 Å². The summed E-state index contributed by atoms with van der Waals surface area (Å²) < 4.78 is 34.3. The number of fused-ring (bicyclic) bond motifs is 2. The number of para-hydroxylation sites is 2. The Hall–Kier alpha value is -2.87. The molecule has 2 heterocycles. The van der Waals surface area contributed by atoms with Gasteiger partial charge in [-0.3, -0.25) is 0 Å². The highest BCUT2D eigenvalue weighted by Crippen LogP contribution is 2.38. The van der Waals surface area contributed by atoms with Gasteiger partial charge in [-0.25, -0.2) is 13.4 Å². The zero-order chi connectivity index (χ0) is 23.2. The van der Waals surface area contributed by atoms with E-state index in [1.807, 2.05) is 50.2 Å². The number of sulfonamides is 1. The predicted octanol–water partition coefficient (Wildman–Crippen LogP) is 5.23. The van der Waals surface area contributed by atoms with E-state index in [0.29, 0.717) is 30.4 Å². The van der Waals surface area contributed by atoms with Crippen molar-refractivity contribution in [3.05, 3.63) is 82.9 Å². The fourth-order valence-corrected chi connectivity index (χ4v) is 6.25. The highest BCUT2D eigenvalue weighted by molar-refractivity contribution is 7.89. The van der Waals surface area contributed by atoms with Gasteiger partial charge in [0, 0.05) is 30.7 Å². The monoisotopic (exact) mass is 481 g/mol. The summed E-state index contributed by atoms with van der Waals surface area (Å²) in [6.07, 6.45) is 0. The molecule has 33 heavy (non-hydrogen) atoms. The lowest BCUT2D eigenvalue weighted by atomic mass is 10.1. The van der Waals surface area contributed by atoms with Crippen molar-refractivity contribution in [2.24, 2.45) is 4.99 Å². The van der Waals surface area contributed by atoms with Crippen LogP contribution in [0.1, 0.15) is 18.1 Å². The number of nitrogens with zero attached hydrogens (tertiary/aromatic N) is 3. The van der Waals surface area contributed by atoms with Crippen LogP contribution in [0, 0.1) is 6.92 Å². The number of amidine groups is 1. The van der Waals surface area contributed by atoms with Crippen molar-refractivity contribution in [2.75, 3.05) is 19.6 Å². The summed E-state index contributed by atoms with van der Waals surface area (Å²) in [6, 6.07) is 19.9. The van der Waals surface area contributed by atoms with Crippen LogP contribution in [0.25, 0.3) is 0 Å². The Labute approximate surface area is 199 Å². The number of ether oxygens (including phenoxy) is 1. The van der Waals surface area contributed by atoms with Gasteiger partial charge in [-0.05, 0) is 56.3 Å². The quantitative estimate of drug-likeness (QED) is 0.503. The number of hydrogen-bond donors (Lipinski definition) is 0. The SMILES string of the molecule is Cc1ccc2c(c1)C(N1CCN(S(=O)(=O)c3cccc(Cl)c3)C(C)C1)=Nc1ccccc1O2. The minimum atomic E-state index is -3.65. The van der Waals surface area contributed by atoms with E-state index in [1.54, 1.807) is 22.5 Å². The summed E-state index contributed by atoms with van der Waals surface area (Å²) >= 11 is 6.05. The number of rotatable bonds is 2. The summed E-state index contributed by atoms with van der Waals surface area (Å²) in [5, 5.41) is 0.404. The highest BCUT2D eigenvalue weighted by atomic mass is 35.5. The van der Waals surface area contributed by atoms with E-state index >= 15 is 0 Å². The van der Waals surface area contributed by atoms with Gasteiger partial charge in [0.1, 0.15) is 17.3 Å². The van der Waals surface area contributed by atoms with Crippen molar-refractivity contribution in [3.63, 3.8) is 0 Å². The topological polar surface area (TPSA) is 62.2 Å². The molecular formula is C25H24ClN3O3S. The Morgan fingerprint density at radius 3 is 2.61 bits per heavy atom. The number of piperazine rings is 1. The van der Waals surface area contributed by atoms with Crippen molar-refractivity contribution in [1.82, 2.24) is 9.21 Å². The van der Waals surface area contributed by atoms with Gasteiger partial charge >= 0.3 is 0 Å². The molecule has 5 rings (SSSR count). The smallest absolute Gasteiger partial charge is 0.243 e. The third-order valence-electron chi connectivity index (χ3n) is 5.96. The van der Waals surface area contributed by atoms with Gasteiger partial charge in [-0.1, -0.05) is 41.4 Å². The first-order valence-electron chi connectivity index (χ1n) is 10.8. The molecule has 0 amide bonds. The second-order valence-corrected chi connectivity index (χ2v) is 10.7. The number of benzene rings is 3. The van der Waals surface area contributed by atoms with E-state index in [1.165, 1.54) is 6.07 Å². The molecule has 1 atom stereocenters. The van der Waals surface area contributed by atoms with Crippen LogP contribution in [0.3, 0.4) is 0 Å². The standard InChI is InChI=1S/C25H24ClN3O3S/c1-17-10-11-23-21(14-17)25(27-22-8-3-4-9-24(22)32-23)28-12-13-29(18(2)16-28)33(30,31)20-7-5-6-19(26)15-20/h3-11,14-15,18H,12-13,16H2,1-2H3. The minimum absolute atomic E-state index is 0.213. The number of aryl methyl sites for hydroxylation is 1. The summed E-state index contributed by atoms with van der Waals surface area (Å²) in [6.45, 7) is 5.33. The van der Waals surface area contributed by atoms with Crippen LogP contribution in [-0.2, 0) is 10.0 Å². The lowest BCUT2D eigenvalue weighted by Crippen LogP contribution is -2.55. The van der Waals surface area contributed by atoms with Crippen molar-refractivity contribution < 1.29 is 13.2 Å². The van der Waals surface area contributed by atoms with Crippen LogP contribution >= 0.6 is 11.6 Å². The Morgan fingerprint density at radius 2 is 1.82 bits per heavy atom. The summed E-state index contributed by atoms with van der Waals surface area (Å²) in [7, 11) is -3.65. The molecule has 1 unspecified atom stereocenters. The molecule has 2 aliphatic heterocycles. The molecule has 0 saturated carbocycles. The zero-order valence-corrected chi connectivity index (χ0v) is 20.0. The molecule has 3 aromatic rings. The minimum Gasteiger partial charge on any atom is -0.454 e. The first-order chi connectivity index (χ1) is 15.8. The maximum atomic E-state index is 13.3. The molecule has 170 valence electrons. The van der Waals surface area contributed by atoms with Gasteiger partial charge in [-0.2, -0.15) is 4.31 Å². The van der Waals surface area contributed by atoms with Gasteiger partial charge in [0.15, 0.2) is 5.75 Å². The second-order valence-electron chi connectivity index (χ2n) is 8.37. The van der Waals surface area contributed by atoms with Crippen molar-refractivity contribution in [3.8, 4) is 11.5 Å². The lowest BCUT2D eigenvalue weighted by Gasteiger charge is -2.40. The molecule has 3 aromatic carbocycles. The molecule has 6 nitrogen and oxygen atoms in total. The Kier molecular flexibility index (Phi) is 5.64. The third kappa shape index (κ3) is 4.12. The van der Waals surface area contributed by atoms with E-state index in [2.05, 4.69) is 11.0 Å². The van der Waals surface area contributed by atoms with E-state index in [9.17, 15) is 8.42 Å². The molecule has 0 N–H and O–H groups in total. The first-order valence-corrected chi connectivity index (χ1v) is 12.6. The summed E-state index contributed by atoms with van der Waals surface area (Å²) in [5.41, 5.74) is 2.76. The van der Waals surface area contributed by atoms with Crippen molar-refractivity contribution in [1.29, 1.82) is 0 Å². The molecule has 0 aliphatic carbocycles. The summed E-state index contributed by atoms with van der Waals surface area (Å²) in [4.78, 5) is 7.33. The van der Waals surface area contributed by atoms with Gasteiger partial charge in [0.25, 0.3) is 0 Å². The lowest BCUT2D eigenvalue weighted by molar-refractivity contribution is 0.206. The molecule has 8 heteroatoms. The molecule has 0 spiro atoms. The van der Waals surface area contributed by atoms with E-state index < -0.39 is 10.0 Å². The molecule has 1 saturated heterocycles. The van der Waals surface area contributed by atoms with Gasteiger partial charge < -0.3 is 9.64 Å². The third-order valence-corrected chi connectivity index (χ3v) is 8.20. The first kappa shape index (κ1) is 21.9. The van der Waals surface area contributed by atoms with E-state index in [0.717, 1.165) is 28.4 Å². The average Bonchev–Trinajstić information content (AvgIpc) is 2.95. The van der Waals surface area contributed by atoms with Crippen LogP contribution in [0.2, 0.25) is 5.02 Å². The van der Waals surface area contributed by atoms with Gasteiger partial charge in [0.05, 0.1) is 10.5 Å². The van der Waals surface area contributed by atoms with Crippen LogP contribution in [-0.4, -0.2) is 49.1 Å². The van der Waals surface area contributed by atoms with Crippen LogP contribution in [0.5, 0.6) is 11.5 Å². The van der Waals surface area contributed by atoms with Crippen LogP contribution < -0.4 is 4.74 Å². The Morgan fingerprint density at radius 1 is 1.00 bits per heavy atom. The average molecular weight is 482 g/mol. The number of halogens is 1. The normalized spacial score (nSPS) is 18.6. The van der Waals surface area contributed by atoms with Crippen molar-refractivity contribution in [2.45, 2.75) is 24.8 Å². The maximum Gasteiger partial charge on any atom is 0.243 e. The van der Waals surface area contributed by atoms with E-state index in [-0.39, 0.29) is 10.9 Å². The number of aliphatic imine (C=N–C) groups is 1. The molecular weight excluding hydrogens is 458 g/mol. The fraction of sp³-hybridized carbons (Fsp3) is 0.240. The fourth-order valence-electron chi connectivity index (χ4n) is 4.33. The Bertz CT molecular complexity index is 1360. The Balaban J connectivity index is 1.49. The molecule has 1 fully saturated rings. The molecule has 0 aromatic heterocycles. The predicted molar refractivity (Wildman–Crippen MR) is 130 cm³/mol. The van der Waals surface area contributed by atoms with Gasteiger partial charge in [-0.15, -0.1) is 0 Å². The molecule has 2 aliphatic rings. The zero-order valence-electron chi connectivity index (χ0n) is 18.4. The van der Waals surface area contributed by atoms with Crippen LogP contribution in [0.4, 0.5) is 5.69 Å². The van der Waals surface area contributed by atoms with E-state index in [4.69, 9.17) is 21.3 Å². The van der Waals surface area contributed by atoms with Gasteiger partial charge in [0.2, 0.25) is 10.0 Å². The molecule has 0 radical (unpaired) electrons. The number of hydrogen-bond acceptors (Lipinski definition) is 5. The summed E-state index contributed by atoms with van der Waals surface area (Å²) in [5.74, 6) is 2.24. The molecule has 0 bridgehead atoms.